The topological polar surface area (TPSA) is 72.5 Å². The van der Waals surface area contributed by atoms with Crippen LogP contribution in [-0.4, -0.2) is 19.7 Å². The van der Waals surface area contributed by atoms with E-state index in [-0.39, 0.29) is 0 Å². The first-order valence-corrected chi connectivity index (χ1v) is 6.29. The van der Waals surface area contributed by atoms with Crippen molar-refractivity contribution in [2.75, 3.05) is 5.73 Å². The zero-order valence-electron chi connectivity index (χ0n) is 10.0. The second kappa shape index (κ2) is 3.84. The Balaban J connectivity index is 2.25. The average molecular weight is 306 g/mol. The van der Waals surface area contributed by atoms with E-state index in [1.165, 1.54) is 0 Å². The lowest BCUT2D eigenvalue weighted by Crippen LogP contribution is -1.92. The number of hydrogen-bond acceptors (Lipinski definition) is 3. The zero-order chi connectivity index (χ0) is 12.9. The number of fused-ring (bicyclic) bond motifs is 1. The van der Waals surface area contributed by atoms with Gasteiger partial charge in [-0.05, 0) is 19.1 Å². The maximum absolute atomic E-state index is 5.96. The average Bonchev–Trinajstić information content (AvgIpc) is 2.84. The maximum Gasteiger partial charge on any atom is 0.142 e. The summed E-state index contributed by atoms with van der Waals surface area (Å²) < 4.78 is 2.76. The fourth-order valence-corrected chi connectivity index (χ4v) is 2.44. The van der Waals surface area contributed by atoms with Crippen molar-refractivity contribution in [1.82, 2.24) is 19.7 Å². The van der Waals surface area contributed by atoms with Crippen LogP contribution in [0.1, 0.15) is 5.69 Å². The molecule has 2 heterocycles. The molecule has 0 saturated carbocycles. The highest BCUT2D eigenvalue weighted by atomic mass is 79.9. The molecule has 6 heteroatoms. The van der Waals surface area contributed by atoms with Gasteiger partial charge in [0, 0.05) is 17.2 Å². The van der Waals surface area contributed by atoms with Crippen molar-refractivity contribution >= 4 is 32.7 Å². The maximum atomic E-state index is 5.96. The Hall–Kier alpha value is -1.82. The Morgan fingerprint density at radius 3 is 2.83 bits per heavy atom. The molecule has 3 rings (SSSR count). The first-order valence-electron chi connectivity index (χ1n) is 5.50. The minimum Gasteiger partial charge on any atom is -0.397 e. The van der Waals surface area contributed by atoms with Gasteiger partial charge in [0.05, 0.1) is 23.0 Å². The summed E-state index contributed by atoms with van der Waals surface area (Å²) in [4.78, 5) is 7.82. The van der Waals surface area contributed by atoms with E-state index in [4.69, 9.17) is 5.73 Å². The predicted octanol–water partition coefficient (Wildman–Crippen LogP) is 2.62. The number of aryl methyl sites for hydroxylation is 1. The van der Waals surface area contributed by atoms with Crippen LogP contribution in [-0.2, 0) is 7.05 Å². The molecule has 92 valence electrons. The highest BCUT2D eigenvalue weighted by Crippen LogP contribution is 2.28. The van der Waals surface area contributed by atoms with E-state index in [2.05, 4.69) is 31.0 Å². The number of imidazole rings is 1. The van der Waals surface area contributed by atoms with Crippen LogP contribution in [0.2, 0.25) is 0 Å². The summed E-state index contributed by atoms with van der Waals surface area (Å²) in [6.45, 7) is 2.01. The summed E-state index contributed by atoms with van der Waals surface area (Å²) in [6.07, 6.45) is 1.80. The minimum absolute atomic E-state index is 0.656. The number of H-pyrrole nitrogens is 1. The Morgan fingerprint density at radius 2 is 2.17 bits per heavy atom. The highest BCUT2D eigenvalue weighted by Gasteiger charge is 2.12. The van der Waals surface area contributed by atoms with Gasteiger partial charge in [-0.3, -0.25) is 4.68 Å². The molecule has 18 heavy (non-hydrogen) atoms. The van der Waals surface area contributed by atoms with Crippen molar-refractivity contribution in [2.45, 2.75) is 6.92 Å². The molecule has 2 aromatic heterocycles. The lowest BCUT2D eigenvalue weighted by Gasteiger charge is -1.95. The third-order valence-corrected chi connectivity index (χ3v) is 3.53. The molecule has 0 saturated heterocycles. The molecule has 0 aliphatic rings. The summed E-state index contributed by atoms with van der Waals surface area (Å²) in [5, 5.41) is 4.22. The number of nitrogens with two attached hydrogens (primary N) is 1. The number of aromatic nitrogens is 4. The fraction of sp³-hybridized carbons (Fsp3) is 0.167. The Bertz CT molecular complexity index is 740. The molecule has 0 radical (unpaired) electrons. The standard InChI is InChI=1S/C12H12BrN5/c1-6-8(5-15-18(6)2)12-16-10-4-7(13)3-9(14)11(10)17-12/h3-5H,14H2,1-2H3,(H,16,17). The van der Waals surface area contributed by atoms with E-state index in [0.717, 1.165) is 32.6 Å². The van der Waals surface area contributed by atoms with Crippen LogP contribution in [0, 0.1) is 6.92 Å². The number of nitrogens with one attached hydrogen (secondary N) is 1. The van der Waals surface area contributed by atoms with Gasteiger partial charge in [0.15, 0.2) is 0 Å². The van der Waals surface area contributed by atoms with E-state index in [9.17, 15) is 0 Å². The molecule has 0 spiro atoms. The molecule has 0 unspecified atom stereocenters. The van der Waals surface area contributed by atoms with Crippen molar-refractivity contribution in [1.29, 1.82) is 0 Å². The molecular formula is C12H12BrN5. The van der Waals surface area contributed by atoms with Gasteiger partial charge < -0.3 is 10.7 Å². The van der Waals surface area contributed by atoms with E-state index >= 15 is 0 Å². The van der Waals surface area contributed by atoms with E-state index in [1.54, 1.807) is 6.20 Å². The molecular weight excluding hydrogens is 294 g/mol. The van der Waals surface area contributed by atoms with Crippen LogP contribution in [0.4, 0.5) is 5.69 Å². The monoisotopic (exact) mass is 305 g/mol. The Morgan fingerprint density at radius 1 is 1.39 bits per heavy atom. The van der Waals surface area contributed by atoms with Gasteiger partial charge in [-0.15, -0.1) is 0 Å². The molecule has 0 atom stereocenters. The quantitative estimate of drug-likeness (QED) is 0.679. The van der Waals surface area contributed by atoms with Crippen LogP contribution in [0.25, 0.3) is 22.4 Å². The Kier molecular flexibility index (Phi) is 2.41. The van der Waals surface area contributed by atoms with Crippen molar-refractivity contribution < 1.29 is 0 Å². The molecule has 1 aromatic carbocycles. The number of aromatic amines is 1. The van der Waals surface area contributed by atoms with Gasteiger partial charge in [0.2, 0.25) is 0 Å². The number of hydrogen-bond donors (Lipinski definition) is 2. The van der Waals surface area contributed by atoms with Crippen LogP contribution in [0.15, 0.2) is 22.8 Å². The Labute approximate surface area is 112 Å². The van der Waals surface area contributed by atoms with Gasteiger partial charge in [-0.1, -0.05) is 15.9 Å². The van der Waals surface area contributed by atoms with E-state index in [1.807, 2.05) is 30.8 Å². The summed E-state index contributed by atoms with van der Waals surface area (Å²) in [5.74, 6) is 0.792. The SMILES string of the molecule is Cc1c(-c2nc3c(N)cc(Br)cc3[nH]2)cnn1C. The summed E-state index contributed by atoms with van der Waals surface area (Å²) in [5.41, 5.74) is 10.4. The van der Waals surface area contributed by atoms with Gasteiger partial charge in [-0.25, -0.2) is 4.98 Å². The number of rotatable bonds is 1. The second-order valence-electron chi connectivity index (χ2n) is 4.24. The minimum atomic E-state index is 0.656. The zero-order valence-corrected chi connectivity index (χ0v) is 11.6. The third kappa shape index (κ3) is 1.60. The molecule has 3 N–H and O–H groups in total. The van der Waals surface area contributed by atoms with Crippen molar-refractivity contribution in [3.63, 3.8) is 0 Å². The molecule has 0 bridgehead atoms. The van der Waals surface area contributed by atoms with Crippen molar-refractivity contribution in [3.8, 4) is 11.4 Å². The largest absolute Gasteiger partial charge is 0.397 e. The first kappa shape index (κ1) is 11.3. The summed E-state index contributed by atoms with van der Waals surface area (Å²) in [7, 11) is 1.91. The second-order valence-corrected chi connectivity index (χ2v) is 5.16. The molecule has 0 aliphatic carbocycles. The molecule has 3 aromatic rings. The van der Waals surface area contributed by atoms with Gasteiger partial charge in [0.1, 0.15) is 11.3 Å². The summed E-state index contributed by atoms with van der Waals surface area (Å²) >= 11 is 3.42. The third-order valence-electron chi connectivity index (χ3n) is 3.07. The number of nitrogens with zero attached hydrogens (tertiary/aromatic N) is 3. The van der Waals surface area contributed by atoms with Crippen molar-refractivity contribution in [2.24, 2.45) is 7.05 Å². The molecule has 0 fully saturated rings. The summed E-state index contributed by atoms with van der Waals surface area (Å²) in [6, 6.07) is 3.82. The number of anilines is 1. The fourth-order valence-electron chi connectivity index (χ4n) is 1.97. The molecule has 0 amide bonds. The number of benzene rings is 1. The van der Waals surface area contributed by atoms with Gasteiger partial charge in [0.25, 0.3) is 0 Å². The van der Waals surface area contributed by atoms with Gasteiger partial charge in [-0.2, -0.15) is 5.10 Å². The van der Waals surface area contributed by atoms with E-state index < -0.39 is 0 Å². The van der Waals surface area contributed by atoms with Gasteiger partial charge >= 0.3 is 0 Å². The first-order chi connectivity index (χ1) is 8.56. The van der Waals surface area contributed by atoms with Crippen LogP contribution in [0.3, 0.4) is 0 Å². The normalized spacial score (nSPS) is 11.3. The number of nitrogen functional groups attached to an aromatic ring is 1. The lowest BCUT2D eigenvalue weighted by molar-refractivity contribution is 0.740. The van der Waals surface area contributed by atoms with Crippen LogP contribution < -0.4 is 5.73 Å². The smallest absolute Gasteiger partial charge is 0.142 e. The molecule has 0 aliphatic heterocycles. The van der Waals surface area contributed by atoms with Crippen LogP contribution in [0.5, 0.6) is 0 Å². The van der Waals surface area contributed by atoms with E-state index in [0.29, 0.717) is 5.69 Å². The highest BCUT2D eigenvalue weighted by molar-refractivity contribution is 9.10. The van der Waals surface area contributed by atoms with Crippen molar-refractivity contribution in [3.05, 3.63) is 28.5 Å². The molecule has 5 nitrogen and oxygen atoms in total. The number of halogens is 1. The lowest BCUT2D eigenvalue weighted by atomic mass is 10.2. The van der Waals surface area contributed by atoms with Crippen LogP contribution >= 0.6 is 15.9 Å². The predicted molar refractivity (Wildman–Crippen MR) is 75.1 cm³/mol.